The second kappa shape index (κ2) is 12.5. The number of halogens is 1. The smallest absolute Gasteiger partial charge is 0.293 e. The number of benzene rings is 2. The highest BCUT2D eigenvalue weighted by Gasteiger charge is 2.39. The number of hydrogen-bond acceptors (Lipinski definition) is 8. The van der Waals surface area contributed by atoms with Crippen molar-refractivity contribution in [1.29, 1.82) is 5.41 Å². The number of allylic oxidation sites excluding steroid dienone is 1. The van der Waals surface area contributed by atoms with Gasteiger partial charge < -0.3 is 30.8 Å². The number of anilines is 2. The molecular formula is C27H35ClN6O5S. The van der Waals surface area contributed by atoms with Gasteiger partial charge in [-0.1, -0.05) is 30.7 Å². The first-order valence-electron chi connectivity index (χ1n) is 12.9. The summed E-state index contributed by atoms with van der Waals surface area (Å²) in [5.41, 5.74) is 7.85. The number of nitrogens with zero attached hydrogens (tertiary/aromatic N) is 2. The van der Waals surface area contributed by atoms with Gasteiger partial charge in [-0.15, -0.1) is 0 Å². The van der Waals surface area contributed by atoms with Gasteiger partial charge in [0.2, 0.25) is 5.76 Å². The Kier molecular flexibility index (Phi) is 9.24. The molecule has 40 heavy (non-hydrogen) atoms. The van der Waals surface area contributed by atoms with Gasteiger partial charge in [-0.3, -0.25) is 4.79 Å². The van der Waals surface area contributed by atoms with Gasteiger partial charge in [0.05, 0.1) is 19.4 Å². The summed E-state index contributed by atoms with van der Waals surface area (Å²) in [6.07, 6.45) is 3.09. The third-order valence-electron chi connectivity index (χ3n) is 7.00. The van der Waals surface area contributed by atoms with Crippen LogP contribution in [0.2, 0.25) is 5.02 Å². The topological polar surface area (TPSA) is 150 Å². The molecule has 0 atom stereocenters. The minimum absolute atomic E-state index is 0.00170. The molecule has 0 unspecified atom stereocenters. The zero-order valence-corrected chi connectivity index (χ0v) is 24.1. The predicted molar refractivity (Wildman–Crippen MR) is 155 cm³/mol. The number of methoxy groups -OCH3 is 1. The standard InChI is InChI=1S/C27H35ClN6O5S/c1-27(8-9-27)18-39-25(26(35)32-21-5-3-4-20(28)15-21)23(16-29)33-10-12-34(13-11-33)40(36,37)31-17-19-6-7-24(38-2)22(30)14-19/h3-7,14-16,29,31H,8-13,17-18,30H2,1-2H3,(H,32,35)/b25-23-,29-16?. The van der Waals surface area contributed by atoms with Gasteiger partial charge >= 0.3 is 0 Å². The van der Waals surface area contributed by atoms with Gasteiger partial charge in [0.25, 0.3) is 16.1 Å². The van der Waals surface area contributed by atoms with Gasteiger partial charge in [-0.2, -0.15) is 17.4 Å². The summed E-state index contributed by atoms with van der Waals surface area (Å²) in [4.78, 5) is 15.1. The molecule has 0 aromatic heterocycles. The molecule has 0 bridgehead atoms. The van der Waals surface area contributed by atoms with Crippen LogP contribution in [-0.4, -0.2) is 69.6 Å². The fourth-order valence-electron chi connectivity index (χ4n) is 4.24. The van der Waals surface area contributed by atoms with Gasteiger partial charge in [-0.25, -0.2) is 0 Å². The van der Waals surface area contributed by atoms with Crippen LogP contribution in [-0.2, 0) is 26.3 Å². The lowest BCUT2D eigenvalue weighted by atomic mass is 10.2. The number of rotatable bonds is 12. The highest BCUT2D eigenvalue weighted by molar-refractivity contribution is 7.87. The molecule has 1 heterocycles. The fourth-order valence-corrected chi connectivity index (χ4v) is 5.61. The van der Waals surface area contributed by atoms with E-state index in [1.807, 2.05) is 0 Å². The molecule has 1 saturated carbocycles. The molecule has 1 saturated heterocycles. The molecule has 4 rings (SSSR count). The molecule has 2 aliphatic rings. The molecule has 0 radical (unpaired) electrons. The monoisotopic (exact) mass is 590 g/mol. The summed E-state index contributed by atoms with van der Waals surface area (Å²) in [5.74, 6) is 0.0451. The third-order valence-corrected chi connectivity index (χ3v) is 8.79. The van der Waals surface area contributed by atoms with E-state index in [1.54, 1.807) is 47.4 Å². The van der Waals surface area contributed by atoms with Gasteiger partial charge in [0.1, 0.15) is 11.4 Å². The molecule has 13 heteroatoms. The first-order chi connectivity index (χ1) is 19.0. The Bertz CT molecular complexity index is 1390. The largest absolute Gasteiger partial charge is 0.495 e. The SMILES string of the molecule is COc1ccc(CNS(=O)(=O)N2CCN(/C(C=N)=C(\OCC3(C)CC3)C(=O)Nc3cccc(Cl)c3)CC2)cc1N. The van der Waals surface area contributed by atoms with Gasteiger partial charge in [-0.05, 0) is 48.7 Å². The van der Waals surface area contributed by atoms with Gasteiger partial charge in [0.15, 0.2) is 0 Å². The number of nitrogens with two attached hydrogens (primary N) is 1. The van der Waals surface area contributed by atoms with Crippen molar-refractivity contribution >= 4 is 45.3 Å². The van der Waals surface area contributed by atoms with E-state index in [9.17, 15) is 13.2 Å². The van der Waals surface area contributed by atoms with Crippen molar-refractivity contribution in [3.8, 4) is 5.75 Å². The number of amides is 1. The van der Waals surface area contributed by atoms with Crippen molar-refractivity contribution in [1.82, 2.24) is 13.9 Å². The highest BCUT2D eigenvalue weighted by Crippen LogP contribution is 2.45. The zero-order chi connectivity index (χ0) is 28.9. The van der Waals surface area contributed by atoms with E-state index in [0.29, 0.717) is 40.0 Å². The van der Waals surface area contributed by atoms with Crippen LogP contribution >= 0.6 is 11.6 Å². The molecule has 5 N–H and O–H groups in total. The van der Waals surface area contributed by atoms with Crippen molar-refractivity contribution in [2.75, 3.05) is 50.9 Å². The summed E-state index contributed by atoms with van der Waals surface area (Å²) in [6.45, 7) is 3.38. The molecule has 1 amide bonds. The number of carbonyl (C=O) groups excluding carboxylic acids is 1. The maximum absolute atomic E-state index is 13.3. The van der Waals surface area contributed by atoms with Crippen LogP contribution in [0.15, 0.2) is 53.9 Å². The summed E-state index contributed by atoms with van der Waals surface area (Å²) in [6, 6.07) is 11.9. The van der Waals surface area contributed by atoms with Crippen molar-refractivity contribution in [2.45, 2.75) is 26.3 Å². The average molecular weight is 591 g/mol. The zero-order valence-electron chi connectivity index (χ0n) is 22.6. The normalized spacial score (nSPS) is 17.5. The molecule has 1 aliphatic carbocycles. The van der Waals surface area contributed by atoms with E-state index in [4.69, 9.17) is 32.2 Å². The molecule has 0 spiro atoms. The minimum Gasteiger partial charge on any atom is -0.495 e. The molecule has 1 aliphatic heterocycles. The van der Waals surface area contributed by atoms with Crippen LogP contribution < -0.4 is 20.5 Å². The number of nitrogen functional groups attached to an aromatic ring is 1. The van der Waals surface area contributed by atoms with Crippen molar-refractivity contribution in [2.24, 2.45) is 5.41 Å². The van der Waals surface area contributed by atoms with Crippen LogP contribution in [0.3, 0.4) is 0 Å². The van der Waals surface area contributed by atoms with E-state index in [0.717, 1.165) is 19.1 Å². The van der Waals surface area contributed by atoms with E-state index < -0.39 is 16.1 Å². The Morgan fingerprint density at radius 3 is 2.50 bits per heavy atom. The lowest BCUT2D eigenvalue weighted by Crippen LogP contribution is -2.52. The summed E-state index contributed by atoms with van der Waals surface area (Å²) in [7, 11) is -2.27. The molecular weight excluding hydrogens is 556 g/mol. The molecule has 2 aromatic carbocycles. The molecule has 2 fully saturated rings. The Morgan fingerprint density at radius 2 is 1.90 bits per heavy atom. The summed E-state index contributed by atoms with van der Waals surface area (Å²) >= 11 is 6.07. The molecule has 2 aromatic rings. The first-order valence-corrected chi connectivity index (χ1v) is 14.7. The average Bonchev–Trinajstić information content (AvgIpc) is 3.67. The second-order valence-electron chi connectivity index (χ2n) is 10.2. The van der Waals surface area contributed by atoms with E-state index in [1.165, 1.54) is 11.4 Å². The lowest BCUT2D eigenvalue weighted by molar-refractivity contribution is -0.116. The maximum Gasteiger partial charge on any atom is 0.293 e. The predicted octanol–water partition coefficient (Wildman–Crippen LogP) is 3.20. The van der Waals surface area contributed by atoms with Crippen molar-refractivity contribution in [3.63, 3.8) is 0 Å². The van der Waals surface area contributed by atoms with Crippen molar-refractivity contribution < 1.29 is 22.7 Å². The van der Waals surface area contributed by atoms with Crippen LogP contribution in [0.1, 0.15) is 25.3 Å². The molecule has 216 valence electrons. The fraction of sp³-hybridized carbons (Fsp3) is 0.407. The number of piperazine rings is 1. The van der Waals surface area contributed by atoms with E-state index >= 15 is 0 Å². The van der Waals surface area contributed by atoms with Gasteiger partial charge in [0, 0.05) is 55.1 Å². The number of carbonyl (C=O) groups is 1. The summed E-state index contributed by atoms with van der Waals surface area (Å²) < 4.78 is 41.1. The van der Waals surface area contributed by atoms with E-state index in [2.05, 4.69) is 17.0 Å². The van der Waals surface area contributed by atoms with Crippen molar-refractivity contribution in [3.05, 3.63) is 64.5 Å². The quantitative estimate of drug-likeness (QED) is 0.128. The van der Waals surface area contributed by atoms with Crippen LogP contribution in [0.4, 0.5) is 11.4 Å². The Labute approximate surface area is 239 Å². The Balaban J connectivity index is 1.44. The first kappa shape index (κ1) is 29.7. The molecule has 11 nitrogen and oxygen atoms in total. The second-order valence-corrected chi connectivity index (χ2v) is 12.4. The maximum atomic E-state index is 13.3. The third kappa shape index (κ3) is 7.45. The Morgan fingerprint density at radius 1 is 1.18 bits per heavy atom. The number of ether oxygens (including phenoxy) is 2. The number of hydrogen-bond donors (Lipinski definition) is 4. The van der Waals surface area contributed by atoms with Crippen LogP contribution in [0.5, 0.6) is 5.75 Å². The van der Waals surface area contributed by atoms with Crippen LogP contribution in [0.25, 0.3) is 0 Å². The Hall–Kier alpha value is -3.32. The number of nitrogens with one attached hydrogen (secondary N) is 3. The van der Waals surface area contributed by atoms with E-state index in [-0.39, 0.29) is 43.9 Å². The summed E-state index contributed by atoms with van der Waals surface area (Å²) in [5, 5.41) is 11.4. The highest BCUT2D eigenvalue weighted by atomic mass is 35.5. The minimum atomic E-state index is -3.78. The van der Waals surface area contributed by atoms with Crippen LogP contribution in [0, 0.1) is 10.8 Å². The lowest BCUT2D eigenvalue weighted by Gasteiger charge is -2.36.